The molecule has 4 heteroatoms. The van der Waals surface area contributed by atoms with Gasteiger partial charge in [-0.1, -0.05) is 35.0 Å². The summed E-state index contributed by atoms with van der Waals surface area (Å²) in [6, 6.07) is 8.39. The lowest BCUT2D eigenvalue weighted by atomic mass is 9.91. The first-order chi connectivity index (χ1) is 8.08. The number of rotatable bonds is 3. The van der Waals surface area contributed by atoms with Gasteiger partial charge in [0, 0.05) is 11.0 Å². The minimum Gasteiger partial charge on any atom is -0.370 e. The topological polar surface area (TPSA) is 41.6 Å². The predicted octanol–water partition coefficient (Wildman–Crippen LogP) is 2.70. The lowest BCUT2D eigenvalue weighted by molar-refractivity contribution is 0.225. The van der Waals surface area contributed by atoms with Crippen molar-refractivity contribution < 1.29 is 0 Å². The van der Waals surface area contributed by atoms with E-state index in [0.717, 1.165) is 24.0 Å². The molecule has 1 unspecified atom stereocenters. The quantitative estimate of drug-likeness (QED) is 0.932. The zero-order valence-electron chi connectivity index (χ0n) is 10.3. The summed E-state index contributed by atoms with van der Waals surface area (Å²) >= 11 is 3.52. The second-order valence-electron chi connectivity index (χ2n) is 4.61. The van der Waals surface area contributed by atoms with Gasteiger partial charge in [0.1, 0.15) is 0 Å². The van der Waals surface area contributed by atoms with Crippen molar-refractivity contribution in [3.8, 4) is 0 Å². The molecule has 1 atom stereocenters. The lowest BCUT2D eigenvalue weighted by Gasteiger charge is -2.36. The number of nitrogens with zero attached hydrogens (tertiary/aromatic N) is 2. The fourth-order valence-electron chi connectivity index (χ4n) is 2.31. The van der Waals surface area contributed by atoms with Crippen LogP contribution in [0.15, 0.2) is 33.7 Å². The zero-order chi connectivity index (χ0) is 12.5. The van der Waals surface area contributed by atoms with E-state index in [1.54, 1.807) is 0 Å². The van der Waals surface area contributed by atoms with E-state index in [1.165, 1.54) is 5.56 Å². The van der Waals surface area contributed by atoms with Gasteiger partial charge in [-0.05, 0) is 31.0 Å². The average Bonchev–Trinajstić information content (AvgIpc) is 2.59. The first-order valence-electron chi connectivity index (χ1n) is 5.91. The Morgan fingerprint density at radius 3 is 2.94 bits per heavy atom. The van der Waals surface area contributed by atoms with Crippen molar-refractivity contribution >= 4 is 21.9 Å². The molecular formula is C13H18BrN3. The maximum Gasteiger partial charge on any atom is 0.192 e. The Kier molecular flexibility index (Phi) is 3.43. The number of hydrogen-bond donors (Lipinski definition) is 1. The molecule has 2 N–H and O–H groups in total. The van der Waals surface area contributed by atoms with Gasteiger partial charge in [0.15, 0.2) is 5.96 Å². The highest BCUT2D eigenvalue weighted by Gasteiger charge is 2.38. The van der Waals surface area contributed by atoms with Crippen LogP contribution in [-0.2, 0) is 5.54 Å². The Bertz CT molecular complexity index is 444. The molecule has 0 aliphatic carbocycles. The van der Waals surface area contributed by atoms with E-state index in [-0.39, 0.29) is 5.54 Å². The highest BCUT2D eigenvalue weighted by atomic mass is 79.9. The van der Waals surface area contributed by atoms with Crippen LogP contribution in [0.25, 0.3) is 0 Å². The minimum atomic E-state index is -0.107. The monoisotopic (exact) mass is 295 g/mol. The molecule has 1 aromatic rings. The van der Waals surface area contributed by atoms with Gasteiger partial charge in [-0.25, -0.2) is 0 Å². The standard InChI is InChI=1S/C13H18BrN3/c1-3-7-17-12(15)16-9-13(17,2)10-5-4-6-11(14)8-10/h4-6,8H,3,7,9H2,1-2H3,(H2,15,16). The first kappa shape index (κ1) is 12.4. The number of hydrogen-bond acceptors (Lipinski definition) is 3. The molecular weight excluding hydrogens is 278 g/mol. The summed E-state index contributed by atoms with van der Waals surface area (Å²) in [5.41, 5.74) is 7.13. The third-order valence-electron chi connectivity index (χ3n) is 3.31. The van der Waals surface area contributed by atoms with Crippen LogP contribution in [0.3, 0.4) is 0 Å². The summed E-state index contributed by atoms with van der Waals surface area (Å²) in [4.78, 5) is 6.60. The largest absolute Gasteiger partial charge is 0.370 e. The van der Waals surface area contributed by atoms with Gasteiger partial charge in [-0.3, -0.25) is 4.99 Å². The van der Waals surface area contributed by atoms with Crippen molar-refractivity contribution in [1.29, 1.82) is 0 Å². The molecule has 1 aliphatic rings. The summed E-state index contributed by atoms with van der Waals surface area (Å²) in [6.07, 6.45) is 1.07. The number of halogens is 1. The molecule has 3 nitrogen and oxygen atoms in total. The molecule has 0 bridgehead atoms. The Morgan fingerprint density at radius 2 is 2.29 bits per heavy atom. The molecule has 17 heavy (non-hydrogen) atoms. The van der Waals surface area contributed by atoms with E-state index < -0.39 is 0 Å². The maximum atomic E-state index is 5.98. The molecule has 0 spiro atoms. The Balaban J connectivity index is 2.36. The summed E-state index contributed by atoms with van der Waals surface area (Å²) < 4.78 is 1.10. The van der Waals surface area contributed by atoms with Crippen molar-refractivity contribution in [2.45, 2.75) is 25.8 Å². The van der Waals surface area contributed by atoms with Crippen LogP contribution in [-0.4, -0.2) is 23.9 Å². The summed E-state index contributed by atoms with van der Waals surface area (Å²) in [7, 11) is 0. The number of aliphatic imine (C=N–C) groups is 1. The molecule has 0 aromatic heterocycles. The molecule has 0 saturated carbocycles. The van der Waals surface area contributed by atoms with E-state index in [0.29, 0.717) is 5.96 Å². The molecule has 2 rings (SSSR count). The average molecular weight is 296 g/mol. The van der Waals surface area contributed by atoms with Crippen LogP contribution in [0.1, 0.15) is 25.8 Å². The Labute approximate surface area is 111 Å². The highest BCUT2D eigenvalue weighted by Crippen LogP contribution is 2.33. The highest BCUT2D eigenvalue weighted by molar-refractivity contribution is 9.10. The zero-order valence-corrected chi connectivity index (χ0v) is 11.9. The third-order valence-corrected chi connectivity index (χ3v) is 3.81. The van der Waals surface area contributed by atoms with Crippen molar-refractivity contribution in [2.24, 2.45) is 10.7 Å². The normalized spacial score (nSPS) is 23.9. The van der Waals surface area contributed by atoms with Crippen molar-refractivity contribution in [2.75, 3.05) is 13.1 Å². The van der Waals surface area contributed by atoms with Gasteiger partial charge in [0.2, 0.25) is 0 Å². The smallest absolute Gasteiger partial charge is 0.192 e. The van der Waals surface area contributed by atoms with Crippen LogP contribution >= 0.6 is 15.9 Å². The second-order valence-corrected chi connectivity index (χ2v) is 5.53. The molecule has 0 radical (unpaired) electrons. The molecule has 1 heterocycles. The van der Waals surface area contributed by atoms with Crippen LogP contribution < -0.4 is 5.73 Å². The van der Waals surface area contributed by atoms with Crippen molar-refractivity contribution in [3.63, 3.8) is 0 Å². The van der Waals surface area contributed by atoms with Crippen LogP contribution in [0.4, 0.5) is 0 Å². The van der Waals surface area contributed by atoms with E-state index >= 15 is 0 Å². The van der Waals surface area contributed by atoms with E-state index in [9.17, 15) is 0 Å². The van der Waals surface area contributed by atoms with E-state index in [4.69, 9.17) is 5.73 Å². The third kappa shape index (κ3) is 2.18. The van der Waals surface area contributed by atoms with Crippen LogP contribution in [0, 0.1) is 0 Å². The molecule has 0 saturated heterocycles. The first-order valence-corrected chi connectivity index (χ1v) is 6.71. The van der Waals surface area contributed by atoms with Gasteiger partial charge >= 0.3 is 0 Å². The Morgan fingerprint density at radius 1 is 1.53 bits per heavy atom. The van der Waals surface area contributed by atoms with E-state index in [1.807, 2.05) is 6.07 Å². The minimum absolute atomic E-state index is 0.107. The number of benzene rings is 1. The summed E-state index contributed by atoms with van der Waals surface area (Å²) in [5.74, 6) is 0.661. The summed E-state index contributed by atoms with van der Waals surface area (Å²) in [5, 5.41) is 0. The molecule has 0 amide bonds. The van der Waals surface area contributed by atoms with Gasteiger partial charge < -0.3 is 10.6 Å². The second kappa shape index (κ2) is 4.69. The number of nitrogens with two attached hydrogens (primary N) is 1. The number of guanidine groups is 1. The maximum absolute atomic E-state index is 5.98. The molecule has 1 aliphatic heterocycles. The van der Waals surface area contributed by atoms with Crippen LogP contribution in [0.2, 0.25) is 0 Å². The Hall–Kier alpha value is -1.03. The van der Waals surface area contributed by atoms with Gasteiger partial charge in [0.25, 0.3) is 0 Å². The van der Waals surface area contributed by atoms with Crippen LogP contribution in [0.5, 0.6) is 0 Å². The van der Waals surface area contributed by atoms with E-state index in [2.05, 4.69) is 57.9 Å². The lowest BCUT2D eigenvalue weighted by Crippen LogP contribution is -2.47. The van der Waals surface area contributed by atoms with Crippen molar-refractivity contribution in [3.05, 3.63) is 34.3 Å². The summed E-state index contributed by atoms with van der Waals surface area (Å²) in [6.45, 7) is 6.04. The van der Waals surface area contributed by atoms with Gasteiger partial charge in [-0.2, -0.15) is 0 Å². The van der Waals surface area contributed by atoms with Gasteiger partial charge in [-0.15, -0.1) is 0 Å². The fraction of sp³-hybridized carbons (Fsp3) is 0.462. The molecule has 92 valence electrons. The fourth-order valence-corrected chi connectivity index (χ4v) is 2.71. The van der Waals surface area contributed by atoms with Gasteiger partial charge in [0.05, 0.1) is 12.1 Å². The SMILES string of the molecule is CCCN1C(N)=NCC1(C)c1cccc(Br)c1. The molecule has 1 aromatic carbocycles. The predicted molar refractivity (Wildman–Crippen MR) is 75.0 cm³/mol. The van der Waals surface area contributed by atoms with Crippen molar-refractivity contribution in [1.82, 2.24) is 4.90 Å². The molecule has 0 fully saturated rings.